The first-order chi connectivity index (χ1) is 7.82. The third kappa shape index (κ3) is 3.20. The topological polar surface area (TPSA) is 46.3 Å². The third-order valence-electron chi connectivity index (χ3n) is 2.42. The highest BCUT2D eigenvalue weighted by molar-refractivity contribution is 7.80. The van der Waals surface area contributed by atoms with Gasteiger partial charge in [0.15, 0.2) is 0 Å². The molecule has 17 heavy (non-hydrogen) atoms. The maximum Gasteiger partial charge on any atom is 0.254 e. The summed E-state index contributed by atoms with van der Waals surface area (Å²) in [5.74, 6) is -2.14. The molecule has 0 saturated heterocycles. The Balaban J connectivity index is 3.00. The van der Waals surface area contributed by atoms with E-state index in [1.165, 1.54) is 11.9 Å². The Hall–Kier alpha value is -1.56. The van der Waals surface area contributed by atoms with E-state index in [1.807, 2.05) is 0 Å². The fourth-order valence-corrected chi connectivity index (χ4v) is 1.41. The molecule has 0 saturated carbocycles. The van der Waals surface area contributed by atoms with Crippen LogP contribution in [0.1, 0.15) is 17.3 Å². The van der Waals surface area contributed by atoms with Crippen LogP contribution in [-0.2, 0) is 0 Å². The highest BCUT2D eigenvalue weighted by atomic mass is 32.1. The first-order valence-electron chi connectivity index (χ1n) is 4.85. The highest BCUT2D eigenvalue weighted by Crippen LogP contribution is 2.11. The predicted octanol–water partition coefficient (Wildman–Crippen LogP) is 1.71. The van der Waals surface area contributed by atoms with Crippen LogP contribution in [0.2, 0.25) is 0 Å². The van der Waals surface area contributed by atoms with Gasteiger partial charge >= 0.3 is 0 Å². The number of nitrogens with zero attached hydrogens (tertiary/aromatic N) is 1. The SMILES string of the molecule is CC(C(N)=S)N(C)C(=O)c1cc(F)cc(F)c1. The summed E-state index contributed by atoms with van der Waals surface area (Å²) in [6, 6.07) is 2.15. The van der Waals surface area contributed by atoms with Crippen LogP contribution < -0.4 is 5.73 Å². The molecule has 1 amide bonds. The summed E-state index contributed by atoms with van der Waals surface area (Å²) in [5, 5.41) is 0. The van der Waals surface area contributed by atoms with E-state index < -0.39 is 23.6 Å². The number of thiocarbonyl (C=S) groups is 1. The maximum absolute atomic E-state index is 13.0. The fourth-order valence-electron chi connectivity index (χ4n) is 1.25. The van der Waals surface area contributed by atoms with E-state index in [0.29, 0.717) is 6.07 Å². The average molecular weight is 258 g/mol. The molecule has 0 fully saturated rings. The quantitative estimate of drug-likeness (QED) is 0.840. The highest BCUT2D eigenvalue weighted by Gasteiger charge is 2.20. The summed E-state index contributed by atoms with van der Waals surface area (Å²) in [5.41, 5.74) is 5.33. The lowest BCUT2D eigenvalue weighted by atomic mass is 10.1. The first kappa shape index (κ1) is 13.5. The van der Waals surface area contributed by atoms with Crippen molar-refractivity contribution in [3.63, 3.8) is 0 Å². The number of rotatable bonds is 3. The van der Waals surface area contributed by atoms with Crippen LogP contribution in [0.3, 0.4) is 0 Å². The Morgan fingerprint density at radius 1 is 1.35 bits per heavy atom. The van der Waals surface area contributed by atoms with Crippen LogP contribution in [0, 0.1) is 11.6 Å². The van der Waals surface area contributed by atoms with E-state index in [0.717, 1.165) is 12.1 Å². The molecular weight excluding hydrogens is 246 g/mol. The number of carbonyl (C=O) groups is 1. The molecule has 1 aromatic carbocycles. The maximum atomic E-state index is 13.0. The van der Waals surface area contributed by atoms with Gasteiger partial charge in [0, 0.05) is 18.7 Å². The van der Waals surface area contributed by atoms with E-state index in [2.05, 4.69) is 0 Å². The fraction of sp³-hybridized carbons (Fsp3) is 0.273. The van der Waals surface area contributed by atoms with Gasteiger partial charge in [-0.05, 0) is 19.1 Å². The molecule has 3 nitrogen and oxygen atoms in total. The van der Waals surface area contributed by atoms with Crippen molar-refractivity contribution in [2.45, 2.75) is 13.0 Å². The van der Waals surface area contributed by atoms with E-state index in [-0.39, 0.29) is 10.6 Å². The van der Waals surface area contributed by atoms with E-state index >= 15 is 0 Å². The Kier molecular flexibility index (Phi) is 4.11. The molecule has 2 N–H and O–H groups in total. The van der Waals surface area contributed by atoms with Crippen LogP contribution in [-0.4, -0.2) is 28.9 Å². The number of halogens is 2. The van der Waals surface area contributed by atoms with Crippen molar-refractivity contribution in [2.75, 3.05) is 7.05 Å². The molecule has 0 aliphatic heterocycles. The molecule has 0 heterocycles. The van der Waals surface area contributed by atoms with Gasteiger partial charge in [-0.25, -0.2) is 8.78 Å². The lowest BCUT2D eigenvalue weighted by Gasteiger charge is -2.23. The second-order valence-electron chi connectivity index (χ2n) is 3.65. The minimum atomic E-state index is -0.801. The lowest BCUT2D eigenvalue weighted by molar-refractivity contribution is 0.0778. The van der Waals surface area contributed by atoms with Crippen molar-refractivity contribution in [3.8, 4) is 0 Å². The van der Waals surface area contributed by atoms with Gasteiger partial charge in [-0.15, -0.1) is 0 Å². The zero-order chi connectivity index (χ0) is 13.2. The number of likely N-dealkylation sites (N-methyl/N-ethyl adjacent to an activating group) is 1. The van der Waals surface area contributed by atoms with E-state index in [1.54, 1.807) is 6.92 Å². The molecule has 6 heteroatoms. The first-order valence-corrected chi connectivity index (χ1v) is 5.26. The van der Waals surface area contributed by atoms with Gasteiger partial charge in [0.25, 0.3) is 5.91 Å². The average Bonchev–Trinajstić information content (AvgIpc) is 2.24. The standard InChI is InChI=1S/C11H12F2N2OS/c1-6(10(14)17)15(2)11(16)7-3-8(12)5-9(13)4-7/h3-6H,1-2H3,(H2,14,17). The number of carbonyl (C=O) groups excluding carboxylic acids is 1. The Labute approximate surface area is 103 Å². The zero-order valence-corrected chi connectivity index (χ0v) is 10.2. The Bertz CT molecular complexity index is 445. The molecule has 0 radical (unpaired) electrons. The van der Waals surface area contributed by atoms with Crippen molar-refractivity contribution in [1.82, 2.24) is 4.90 Å². The van der Waals surface area contributed by atoms with E-state index in [4.69, 9.17) is 18.0 Å². The molecule has 0 bridgehead atoms. The molecule has 1 rings (SSSR count). The summed E-state index contributed by atoms with van der Waals surface area (Å²) in [4.78, 5) is 13.2. The Morgan fingerprint density at radius 3 is 2.24 bits per heavy atom. The van der Waals surface area contributed by atoms with Gasteiger partial charge in [0.1, 0.15) is 11.6 Å². The van der Waals surface area contributed by atoms with Crippen LogP contribution >= 0.6 is 12.2 Å². The molecule has 92 valence electrons. The Morgan fingerprint density at radius 2 is 1.82 bits per heavy atom. The van der Waals surface area contributed by atoms with Gasteiger partial charge in [-0.1, -0.05) is 12.2 Å². The van der Waals surface area contributed by atoms with Gasteiger partial charge in [-0.2, -0.15) is 0 Å². The van der Waals surface area contributed by atoms with Crippen LogP contribution in [0.25, 0.3) is 0 Å². The molecule has 1 aromatic rings. The molecule has 0 spiro atoms. The summed E-state index contributed by atoms with van der Waals surface area (Å²) in [7, 11) is 1.47. The minimum Gasteiger partial charge on any atom is -0.392 e. The van der Waals surface area contributed by atoms with Crippen LogP contribution in [0.4, 0.5) is 8.78 Å². The number of hydrogen-bond donors (Lipinski definition) is 1. The van der Waals surface area contributed by atoms with Crippen LogP contribution in [0.15, 0.2) is 18.2 Å². The summed E-state index contributed by atoms with van der Waals surface area (Å²) in [6.45, 7) is 1.63. The number of hydrogen-bond acceptors (Lipinski definition) is 2. The predicted molar refractivity (Wildman–Crippen MR) is 64.7 cm³/mol. The second-order valence-corrected chi connectivity index (χ2v) is 4.12. The molecule has 1 unspecified atom stereocenters. The van der Waals surface area contributed by atoms with Crippen molar-refractivity contribution >= 4 is 23.1 Å². The summed E-state index contributed by atoms with van der Waals surface area (Å²) < 4.78 is 25.9. The second kappa shape index (κ2) is 5.18. The lowest BCUT2D eigenvalue weighted by Crippen LogP contribution is -2.42. The summed E-state index contributed by atoms with van der Waals surface area (Å²) in [6.07, 6.45) is 0. The molecule has 1 atom stereocenters. The smallest absolute Gasteiger partial charge is 0.254 e. The molecule has 0 aliphatic carbocycles. The number of nitrogens with two attached hydrogens (primary N) is 1. The van der Waals surface area contributed by atoms with Crippen molar-refractivity contribution in [2.24, 2.45) is 5.73 Å². The van der Waals surface area contributed by atoms with Crippen molar-refractivity contribution in [1.29, 1.82) is 0 Å². The van der Waals surface area contributed by atoms with Gasteiger partial charge in [-0.3, -0.25) is 4.79 Å². The monoisotopic (exact) mass is 258 g/mol. The van der Waals surface area contributed by atoms with E-state index in [9.17, 15) is 13.6 Å². The van der Waals surface area contributed by atoms with Gasteiger partial charge in [0.05, 0.1) is 11.0 Å². The normalized spacial score (nSPS) is 12.0. The van der Waals surface area contributed by atoms with Crippen molar-refractivity contribution in [3.05, 3.63) is 35.4 Å². The van der Waals surface area contributed by atoms with Gasteiger partial charge < -0.3 is 10.6 Å². The minimum absolute atomic E-state index is 0.0758. The molecular formula is C11H12F2N2OS. The van der Waals surface area contributed by atoms with Crippen molar-refractivity contribution < 1.29 is 13.6 Å². The largest absolute Gasteiger partial charge is 0.392 e. The third-order valence-corrected chi connectivity index (χ3v) is 2.76. The number of benzene rings is 1. The molecule has 0 aromatic heterocycles. The number of amides is 1. The van der Waals surface area contributed by atoms with Crippen LogP contribution in [0.5, 0.6) is 0 Å². The van der Waals surface area contributed by atoms with Gasteiger partial charge in [0.2, 0.25) is 0 Å². The zero-order valence-electron chi connectivity index (χ0n) is 9.41. The summed E-state index contributed by atoms with van der Waals surface area (Å²) >= 11 is 4.75. The molecule has 0 aliphatic rings.